The number of benzene rings is 1. The van der Waals surface area contributed by atoms with Crippen molar-refractivity contribution in [3.8, 4) is 0 Å². The third-order valence-electron chi connectivity index (χ3n) is 2.23. The summed E-state index contributed by atoms with van der Waals surface area (Å²) >= 11 is 0. The van der Waals surface area contributed by atoms with Crippen LogP contribution in [-0.2, 0) is 4.79 Å². The molecule has 1 amide bonds. The molecule has 1 aromatic rings. The predicted octanol–water partition coefficient (Wildman–Crippen LogP) is 1.72. The highest BCUT2D eigenvalue weighted by Crippen LogP contribution is 2.18. The van der Waals surface area contributed by atoms with Gasteiger partial charge in [0.15, 0.2) is 0 Å². The molecule has 0 radical (unpaired) electrons. The van der Waals surface area contributed by atoms with Crippen LogP contribution >= 0.6 is 0 Å². The van der Waals surface area contributed by atoms with Gasteiger partial charge in [0, 0.05) is 25.1 Å². The first-order valence-corrected chi connectivity index (χ1v) is 5.20. The highest BCUT2D eigenvalue weighted by molar-refractivity contribution is 5.79. The molecule has 0 fully saturated rings. The zero-order chi connectivity index (χ0) is 13.0. The molecule has 0 spiro atoms. The molecule has 17 heavy (non-hydrogen) atoms. The zero-order valence-electron chi connectivity index (χ0n) is 10.0. The number of nitrogens with zero attached hydrogens (tertiary/aromatic N) is 2. The average Bonchev–Trinajstić information content (AvgIpc) is 2.28. The minimum absolute atomic E-state index is 0.00635. The van der Waals surface area contributed by atoms with E-state index in [9.17, 15) is 14.9 Å². The predicted molar refractivity (Wildman–Crippen MR) is 64.5 cm³/mol. The van der Waals surface area contributed by atoms with Crippen LogP contribution in [0.5, 0.6) is 0 Å². The van der Waals surface area contributed by atoms with Crippen molar-refractivity contribution < 1.29 is 9.72 Å². The minimum atomic E-state index is -0.471. The van der Waals surface area contributed by atoms with Crippen molar-refractivity contribution in [2.75, 3.05) is 12.1 Å². The Bertz CT molecular complexity index is 432. The van der Waals surface area contributed by atoms with Gasteiger partial charge in [-0.2, -0.15) is 0 Å². The zero-order valence-corrected chi connectivity index (χ0v) is 10.0. The first-order chi connectivity index (χ1) is 7.91. The summed E-state index contributed by atoms with van der Waals surface area (Å²) in [6.45, 7) is 3.55. The van der Waals surface area contributed by atoms with Crippen LogP contribution in [0.4, 0.5) is 11.4 Å². The third kappa shape index (κ3) is 3.44. The lowest BCUT2D eigenvalue weighted by atomic mass is 10.2. The van der Waals surface area contributed by atoms with E-state index in [0.717, 1.165) is 0 Å². The number of nitrogens with one attached hydrogen (secondary N) is 1. The van der Waals surface area contributed by atoms with Gasteiger partial charge in [-0.05, 0) is 6.07 Å². The molecule has 6 nitrogen and oxygen atoms in total. The fourth-order valence-corrected chi connectivity index (χ4v) is 1.17. The van der Waals surface area contributed by atoms with Gasteiger partial charge < -0.3 is 0 Å². The van der Waals surface area contributed by atoms with E-state index in [1.54, 1.807) is 33.0 Å². The lowest BCUT2D eigenvalue weighted by molar-refractivity contribution is -0.384. The molecule has 0 aliphatic rings. The molecule has 0 heterocycles. The van der Waals surface area contributed by atoms with Crippen LogP contribution < -0.4 is 10.4 Å². The highest BCUT2D eigenvalue weighted by Gasteiger charge is 2.12. The number of non-ortho nitro benzene ring substituents is 1. The second-order valence-electron chi connectivity index (χ2n) is 3.97. The van der Waals surface area contributed by atoms with Gasteiger partial charge in [0.1, 0.15) is 0 Å². The largest absolute Gasteiger partial charge is 0.288 e. The van der Waals surface area contributed by atoms with E-state index >= 15 is 0 Å². The van der Waals surface area contributed by atoms with Gasteiger partial charge in [-0.25, -0.2) is 0 Å². The van der Waals surface area contributed by atoms with Gasteiger partial charge in [-0.1, -0.05) is 19.9 Å². The first-order valence-electron chi connectivity index (χ1n) is 5.20. The summed E-state index contributed by atoms with van der Waals surface area (Å²) in [4.78, 5) is 21.6. The van der Waals surface area contributed by atoms with Crippen molar-refractivity contribution in [1.29, 1.82) is 0 Å². The van der Waals surface area contributed by atoms with E-state index in [-0.39, 0.29) is 17.5 Å². The maximum Gasteiger partial charge on any atom is 0.271 e. The standard InChI is InChI=1S/C11H15N3O3/c1-8(2)11(15)12-13(3)9-5-4-6-10(7-9)14(16)17/h4-8H,1-3H3,(H,12,15). The van der Waals surface area contributed by atoms with Gasteiger partial charge in [-0.15, -0.1) is 0 Å². The van der Waals surface area contributed by atoms with Gasteiger partial charge >= 0.3 is 0 Å². The van der Waals surface area contributed by atoms with Crippen molar-refractivity contribution in [2.45, 2.75) is 13.8 Å². The molecule has 0 aliphatic carbocycles. The molecule has 0 aromatic heterocycles. The van der Waals surface area contributed by atoms with Crippen molar-refractivity contribution in [3.63, 3.8) is 0 Å². The molecular formula is C11H15N3O3. The maximum absolute atomic E-state index is 11.5. The topological polar surface area (TPSA) is 75.5 Å². The van der Waals surface area contributed by atoms with Crippen molar-refractivity contribution >= 4 is 17.3 Å². The number of nitro groups is 1. The van der Waals surface area contributed by atoms with Gasteiger partial charge in [0.25, 0.3) is 5.69 Å². The summed E-state index contributed by atoms with van der Waals surface area (Å²) in [6.07, 6.45) is 0. The molecule has 92 valence electrons. The first kappa shape index (κ1) is 13.0. The van der Waals surface area contributed by atoms with Crippen LogP contribution in [-0.4, -0.2) is 17.9 Å². The van der Waals surface area contributed by atoms with Crippen molar-refractivity contribution in [3.05, 3.63) is 34.4 Å². The quantitative estimate of drug-likeness (QED) is 0.639. The number of nitro benzene ring substituents is 1. The Kier molecular flexibility index (Phi) is 4.03. The number of hydrazine groups is 1. The van der Waals surface area contributed by atoms with Crippen LogP contribution in [0, 0.1) is 16.0 Å². The molecule has 0 aliphatic heterocycles. The Morgan fingerprint density at radius 1 is 1.47 bits per heavy atom. The number of carbonyl (C=O) groups excluding carboxylic acids is 1. The molecule has 0 saturated carbocycles. The molecule has 0 unspecified atom stereocenters. The summed E-state index contributed by atoms with van der Waals surface area (Å²) in [5, 5.41) is 12.1. The van der Waals surface area contributed by atoms with E-state index in [4.69, 9.17) is 0 Å². The van der Waals surface area contributed by atoms with Crippen molar-refractivity contribution in [1.82, 2.24) is 5.43 Å². The van der Waals surface area contributed by atoms with Crippen LogP contribution in [0.2, 0.25) is 0 Å². The molecule has 1 aromatic carbocycles. The van der Waals surface area contributed by atoms with Crippen molar-refractivity contribution in [2.24, 2.45) is 5.92 Å². The van der Waals surface area contributed by atoms with Gasteiger partial charge in [0.05, 0.1) is 10.6 Å². The number of amides is 1. The fourth-order valence-electron chi connectivity index (χ4n) is 1.17. The molecule has 1 rings (SSSR count). The van der Waals surface area contributed by atoms with Crippen LogP contribution in [0.25, 0.3) is 0 Å². The Labute approximate surface area is 99.4 Å². The SMILES string of the molecule is CC(C)C(=O)NN(C)c1cccc([N+](=O)[O-])c1. The van der Waals surface area contributed by atoms with Crippen LogP contribution in [0.3, 0.4) is 0 Å². The van der Waals surface area contributed by atoms with Gasteiger partial charge in [-0.3, -0.25) is 25.3 Å². The monoisotopic (exact) mass is 237 g/mol. The van der Waals surface area contributed by atoms with E-state index in [1.165, 1.54) is 17.1 Å². The van der Waals surface area contributed by atoms with Gasteiger partial charge in [0.2, 0.25) is 5.91 Å². The number of hydrogen-bond donors (Lipinski definition) is 1. The Balaban J connectivity index is 2.82. The third-order valence-corrected chi connectivity index (χ3v) is 2.23. The Morgan fingerprint density at radius 3 is 2.65 bits per heavy atom. The average molecular weight is 237 g/mol. The lowest BCUT2D eigenvalue weighted by Gasteiger charge is -2.21. The molecule has 0 atom stereocenters. The molecule has 1 N–H and O–H groups in total. The summed E-state index contributed by atoms with van der Waals surface area (Å²) in [5.74, 6) is -0.282. The van der Waals surface area contributed by atoms with E-state index in [0.29, 0.717) is 5.69 Å². The molecule has 6 heteroatoms. The Hall–Kier alpha value is -2.11. The second kappa shape index (κ2) is 5.29. The molecule has 0 bridgehead atoms. The van der Waals surface area contributed by atoms with E-state index < -0.39 is 4.92 Å². The number of rotatable bonds is 4. The normalized spacial score (nSPS) is 10.1. The maximum atomic E-state index is 11.5. The second-order valence-corrected chi connectivity index (χ2v) is 3.97. The highest BCUT2D eigenvalue weighted by atomic mass is 16.6. The summed E-state index contributed by atoms with van der Waals surface area (Å²) in [5.41, 5.74) is 3.19. The smallest absolute Gasteiger partial charge is 0.271 e. The van der Waals surface area contributed by atoms with Crippen LogP contribution in [0.1, 0.15) is 13.8 Å². The minimum Gasteiger partial charge on any atom is -0.288 e. The number of anilines is 1. The number of hydrogen-bond acceptors (Lipinski definition) is 4. The Morgan fingerprint density at radius 2 is 2.12 bits per heavy atom. The molecular weight excluding hydrogens is 222 g/mol. The lowest BCUT2D eigenvalue weighted by Crippen LogP contribution is -2.41. The fraction of sp³-hybridized carbons (Fsp3) is 0.364. The van der Waals surface area contributed by atoms with Crippen LogP contribution in [0.15, 0.2) is 24.3 Å². The van der Waals surface area contributed by atoms with E-state index in [2.05, 4.69) is 5.43 Å². The summed E-state index contributed by atoms with van der Waals surface area (Å²) in [7, 11) is 1.64. The summed E-state index contributed by atoms with van der Waals surface area (Å²) < 4.78 is 0. The molecule has 0 saturated heterocycles. The summed E-state index contributed by atoms with van der Waals surface area (Å²) in [6, 6.07) is 6.07. The van der Waals surface area contributed by atoms with E-state index in [1.807, 2.05) is 0 Å². The number of carbonyl (C=O) groups is 1.